The van der Waals surface area contributed by atoms with Gasteiger partial charge in [-0.05, 0) is 56.2 Å². The van der Waals surface area contributed by atoms with E-state index in [9.17, 15) is 14.0 Å². The molecule has 0 unspecified atom stereocenters. The molecule has 31 heavy (non-hydrogen) atoms. The second-order valence-corrected chi connectivity index (χ2v) is 9.22. The number of benzene rings is 2. The van der Waals surface area contributed by atoms with Gasteiger partial charge in [-0.3, -0.25) is 19.4 Å². The molecular formula is C25H26FN3O2. The van der Waals surface area contributed by atoms with Crippen LogP contribution in [0.15, 0.2) is 42.5 Å². The quantitative estimate of drug-likeness (QED) is 0.713. The summed E-state index contributed by atoms with van der Waals surface area (Å²) in [5.41, 5.74) is 4.46. The van der Waals surface area contributed by atoms with Gasteiger partial charge in [0.2, 0.25) is 0 Å². The van der Waals surface area contributed by atoms with E-state index in [0.29, 0.717) is 11.3 Å². The number of para-hydroxylation sites is 1. The molecule has 0 N–H and O–H groups in total. The lowest BCUT2D eigenvalue weighted by Crippen LogP contribution is -2.50. The first-order valence-corrected chi connectivity index (χ1v) is 10.7. The molecule has 2 aromatic rings. The Kier molecular flexibility index (Phi) is 4.52. The molecule has 1 saturated heterocycles. The van der Waals surface area contributed by atoms with Crippen molar-refractivity contribution in [1.29, 1.82) is 0 Å². The van der Waals surface area contributed by atoms with Crippen LogP contribution in [0.25, 0.3) is 5.57 Å². The molecule has 0 saturated carbocycles. The molecule has 3 aliphatic rings. The van der Waals surface area contributed by atoms with Gasteiger partial charge >= 0.3 is 0 Å². The lowest BCUT2D eigenvalue weighted by atomic mass is 9.87. The number of halogens is 1. The normalized spacial score (nSPS) is 20.2. The largest absolute Gasteiger partial charge is 0.367 e. The fraction of sp³-hybridized carbons (Fsp3) is 0.360. The van der Waals surface area contributed by atoms with Crippen LogP contribution in [0.1, 0.15) is 35.3 Å². The number of hydrogen-bond acceptors (Lipinski definition) is 4. The summed E-state index contributed by atoms with van der Waals surface area (Å²) in [4.78, 5) is 31.4. The fourth-order valence-electron chi connectivity index (χ4n) is 5.10. The minimum atomic E-state index is -0.565. The third-order valence-electron chi connectivity index (χ3n) is 6.53. The summed E-state index contributed by atoms with van der Waals surface area (Å²) in [6.07, 6.45) is 2.12. The topological polar surface area (TPSA) is 43.9 Å². The zero-order chi connectivity index (χ0) is 21.9. The molecule has 1 amide bonds. The van der Waals surface area contributed by atoms with Gasteiger partial charge < -0.3 is 4.90 Å². The maximum atomic E-state index is 14.2. The summed E-state index contributed by atoms with van der Waals surface area (Å²) >= 11 is 0. The van der Waals surface area contributed by atoms with Crippen molar-refractivity contribution in [2.45, 2.75) is 26.3 Å². The molecule has 0 radical (unpaired) electrons. The number of hydrogen-bond donors (Lipinski definition) is 0. The minimum Gasteiger partial charge on any atom is -0.367 e. The molecular weight excluding hydrogens is 393 g/mol. The van der Waals surface area contributed by atoms with Gasteiger partial charge in [0.15, 0.2) is 0 Å². The van der Waals surface area contributed by atoms with Gasteiger partial charge in [-0.1, -0.05) is 18.2 Å². The van der Waals surface area contributed by atoms with Crippen molar-refractivity contribution < 1.29 is 14.0 Å². The molecule has 0 bridgehead atoms. The van der Waals surface area contributed by atoms with Crippen LogP contribution in [0.5, 0.6) is 0 Å². The second-order valence-electron chi connectivity index (χ2n) is 9.22. The van der Waals surface area contributed by atoms with E-state index in [1.807, 2.05) is 39.0 Å². The Balaban J connectivity index is 1.41. The monoisotopic (exact) mass is 419 g/mol. The molecule has 2 aromatic carbocycles. The molecule has 0 atom stereocenters. The van der Waals surface area contributed by atoms with Gasteiger partial charge in [0, 0.05) is 38.3 Å². The molecule has 5 rings (SSSR count). The predicted octanol–water partition coefficient (Wildman–Crippen LogP) is 3.66. The Labute approximate surface area is 181 Å². The number of nitrogens with zero attached hydrogens (tertiary/aromatic N) is 3. The molecule has 160 valence electrons. The lowest BCUT2D eigenvalue weighted by Gasteiger charge is -2.41. The summed E-state index contributed by atoms with van der Waals surface area (Å²) in [6, 6.07) is 10.8. The molecule has 3 aliphatic heterocycles. The van der Waals surface area contributed by atoms with E-state index in [0.717, 1.165) is 55.1 Å². The van der Waals surface area contributed by atoms with Crippen molar-refractivity contribution in [2.24, 2.45) is 0 Å². The van der Waals surface area contributed by atoms with Crippen LogP contribution in [0.2, 0.25) is 0 Å². The summed E-state index contributed by atoms with van der Waals surface area (Å²) in [5.74, 6) is -1.04. The summed E-state index contributed by atoms with van der Waals surface area (Å²) in [5, 5.41) is 0. The van der Waals surface area contributed by atoms with Gasteiger partial charge in [0.1, 0.15) is 5.82 Å². The molecule has 5 nitrogen and oxygen atoms in total. The Hall–Kier alpha value is -2.99. The highest BCUT2D eigenvalue weighted by atomic mass is 19.1. The van der Waals surface area contributed by atoms with E-state index in [1.54, 1.807) is 11.0 Å². The van der Waals surface area contributed by atoms with Gasteiger partial charge in [-0.15, -0.1) is 0 Å². The van der Waals surface area contributed by atoms with Crippen molar-refractivity contribution in [1.82, 2.24) is 4.90 Å². The molecule has 1 fully saturated rings. The Morgan fingerprint density at radius 1 is 1.00 bits per heavy atom. The van der Waals surface area contributed by atoms with Gasteiger partial charge in [-0.2, -0.15) is 0 Å². The number of carbonyl (C=O) groups excluding carboxylic acids is 2. The van der Waals surface area contributed by atoms with Crippen LogP contribution >= 0.6 is 0 Å². The fourth-order valence-corrected chi connectivity index (χ4v) is 5.10. The van der Waals surface area contributed by atoms with Crippen molar-refractivity contribution in [3.63, 3.8) is 0 Å². The highest BCUT2D eigenvalue weighted by Crippen LogP contribution is 2.46. The summed E-state index contributed by atoms with van der Waals surface area (Å²) < 4.78 is 14.2. The van der Waals surface area contributed by atoms with Crippen LogP contribution in [-0.4, -0.2) is 54.9 Å². The van der Waals surface area contributed by atoms with Crippen LogP contribution in [-0.2, 0) is 4.79 Å². The van der Waals surface area contributed by atoms with E-state index < -0.39 is 17.2 Å². The zero-order valence-corrected chi connectivity index (χ0v) is 18.1. The number of rotatable bonds is 3. The van der Waals surface area contributed by atoms with E-state index >= 15 is 0 Å². The Morgan fingerprint density at radius 2 is 1.68 bits per heavy atom. The Bertz CT molecular complexity index is 1130. The van der Waals surface area contributed by atoms with E-state index in [-0.39, 0.29) is 5.82 Å². The van der Waals surface area contributed by atoms with E-state index in [2.05, 4.69) is 21.9 Å². The number of anilines is 2. The lowest BCUT2D eigenvalue weighted by molar-refractivity contribution is -0.115. The highest BCUT2D eigenvalue weighted by Gasteiger charge is 2.47. The first-order valence-electron chi connectivity index (χ1n) is 10.7. The average Bonchev–Trinajstić information content (AvgIpc) is 2.99. The van der Waals surface area contributed by atoms with Crippen LogP contribution in [0.3, 0.4) is 0 Å². The van der Waals surface area contributed by atoms with E-state index in [1.165, 1.54) is 6.07 Å². The summed E-state index contributed by atoms with van der Waals surface area (Å²) in [7, 11) is 0. The smallest absolute Gasteiger partial charge is 0.300 e. The molecule has 0 aromatic heterocycles. The van der Waals surface area contributed by atoms with Crippen molar-refractivity contribution in [3.05, 3.63) is 65.0 Å². The highest BCUT2D eigenvalue weighted by molar-refractivity contribution is 6.53. The third kappa shape index (κ3) is 3.17. The number of Topliss-reactive ketones (excluding diaryl/α,β-unsaturated/α-hetero) is 1. The predicted molar refractivity (Wildman–Crippen MR) is 120 cm³/mol. The van der Waals surface area contributed by atoms with Crippen molar-refractivity contribution in [3.8, 4) is 0 Å². The third-order valence-corrected chi connectivity index (χ3v) is 6.53. The van der Waals surface area contributed by atoms with Crippen molar-refractivity contribution >= 4 is 28.6 Å². The number of aryl methyl sites for hydroxylation is 1. The number of piperazine rings is 1. The first kappa shape index (κ1) is 19.9. The minimum absolute atomic E-state index is 0.183. The molecule has 6 heteroatoms. The van der Waals surface area contributed by atoms with Crippen molar-refractivity contribution in [2.75, 3.05) is 42.5 Å². The maximum absolute atomic E-state index is 14.2. The number of carbonyl (C=O) groups is 2. The first-order chi connectivity index (χ1) is 14.8. The SMILES string of the molecule is Cc1cc2c3c(c1)C(CN1CCN(c4ccccc4F)CC1)=CC(C)(C)N3C(=O)C2=O. The maximum Gasteiger partial charge on any atom is 0.300 e. The molecule has 0 spiro atoms. The Morgan fingerprint density at radius 3 is 2.39 bits per heavy atom. The standard InChI is InChI=1S/C25H26FN3O2/c1-16-12-18-17(14-25(2,3)29-22(18)19(13-16)23(30)24(29)31)15-27-8-10-28(11-9-27)21-7-5-4-6-20(21)26/h4-7,12-14H,8-11,15H2,1-3H3. The number of amides is 1. The van der Waals surface area contributed by atoms with Gasteiger partial charge in [0.05, 0.1) is 22.5 Å². The summed E-state index contributed by atoms with van der Waals surface area (Å²) in [6.45, 7) is 9.81. The van der Waals surface area contributed by atoms with Gasteiger partial charge in [0.25, 0.3) is 11.7 Å². The van der Waals surface area contributed by atoms with Gasteiger partial charge in [-0.25, -0.2) is 4.39 Å². The zero-order valence-electron chi connectivity index (χ0n) is 18.1. The van der Waals surface area contributed by atoms with Crippen LogP contribution < -0.4 is 9.80 Å². The van der Waals surface area contributed by atoms with E-state index in [4.69, 9.17) is 0 Å². The molecule has 0 aliphatic carbocycles. The van der Waals surface area contributed by atoms with Crippen LogP contribution in [0, 0.1) is 12.7 Å². The van der Waals surface area contributed by atoms with Crippen LogP contribution in [0.4, 0.5) is 15.8 Å². The molecule has 3 heterocycles. The average molecular weight is 420 g/mol. The number of ketones is 1. The second kappa shape index (κ2) is 7.02.